The van der Waals surface area contributed by atoms with Gasteiger partial charge in [0, 0.05) is 37.5 Å². The number of ether oxygens (including phenoxy) is 1. The third kappa shape index (κ3) is 6.93. The number of thiazole rings is 1. The van der Waals surface area contributed by atoms with Gasteiger partial charge in [0.05, 0.1) is 34.1 Å². The first kappa shape index (κ1) is 27.8. The van der Waals surface area contributed by atoms with Gasteiger partial charge in [-0.05, 0) is 42.7 Å². The Morgan fingerprint density at radius 2 is 1.91 bits per heavy atom. The van der Waals surface area contributed by atoms with Crippen LogP contribution in [-0.2, 0) is 19.4 Å². The predicted octanol–water partition coefficient (Wildman–Crippen LogP) is 4.11. The molecule has 1 amide bonds. The molecular formula is C23H27ClFN3O4S3. The van der Waals surface area contributed by atoms with Gasteiger partial charge < -0.3 is 4.74 Å². The van der Waals surface area contributed by atoms with Crippen LogP contribution < -0.4 is 4.90 Å². The number of fused-ring (bicyclic) bond motifs is 1. The van der Waals surface area contributed by atoms with Crippen molar-refractivity contribution in [2.45, 2.75) is 16.2 Å². The summed E-state index contributed by atoms with van der Waals surface area (Å²) in [6.07, 6.45) is 1.80. The third-order valence-corrected chi connectivity index (χ3v) is 9.17. The second-order valence-corrected chi connectivity index (χ2v) is 11.8. The van der Waals surface area contributed by atoms with Gasteiger partial charge in [0.15, 0.2) is 15.0 Å². The van der Waals surface area contributed by atoms with Crippen molar-refractivity contribution in [3.63, 3.8) is 0 Å². The smallest absolute Gasteiger partial charge is 0.229 e. The zero-order chi connectivity index (χ0) is 24.1. The predicted molar refractivity (Wildman–Crippen MR) is 141 cm³/mol. The second-order valence-electron chi connectivity index (χ2n) is 7.83. The molecule has 0 saturated carbocycles. The molecule has 1 fully saturated rings. The van der Waals surface area contributed by atoms with E-state index >= 15 is 0 Å². The van der Waals surface area contributed by atoms with Gasteiger partial charge in [-0.1, -0.05) is 17.4 Å². The zero-order valence-corrected chi connectivity index (χ0v) is 22.4. The summed E-state index contributed by atoms with van der Waals surface area (Å²) in [5.41, 5.74) is 0.845. The molecule has 1 saturated heterocycles. The van der Waals surface area contributed by atoms with E-state index in [0.717, 1.165) is 40.3 Å². The molecule has 2 aromatic carbocycles. The summed E-state index contributed by atoms with van der Waals surface area (Å²) in [5.74, 6) is -1.17. The Morgan fingerprint density at radius 3 is 2.60 bits per heavy atom. The van der Waals surface area contributed by atoms with E-state index < -0.39 is 15.7 Å². The SMILES string of the molecule is CSc1cccc2sc(N(CCN3CCOCC3)C(=O)CCS(=O)(=O)c3ccc(F)cc3)nc12.Cl. The van der Waals surface area contributed by atoms with Crippen LogP contribution in [0, 0.1) is 5.82 Å². The highest BCUT2D eigenvalue weighted by Gasteiger charge is 2.24. The standard InChI is InChI=1S/C23H26FN3O4S3.ClH/c1-32-19-3-2-4-20-22(19)25-23(33-20)27(11-10-26-12-14-31-15-13-26)21(28)9-16-34(29,30)18-7-5-17(24)6-8-18;/h2-8H,9-16H2,1H3;1H. The number of anilines is 1. The van der Waals surface area contributed by atoms with Gasteiger partial charge in [0.2, 0.25) is 5.91 Å². The normalized spacial score (nSPS) is 14.6. The molecule has 190 valence electrons. The van der Waals surface area contributed by atoms with Crippen LogP contribution in [0.4, 0.5) is 9.52 Å². The molecule has 4 rings (SSSR count). The van der Waals surface area contributed by atoms with Crippen molar-refractivity contribution >= 4 is 66.6 Å². The lowest BCUT2D eigenvalue weighted by Crippen LogP contribution is -2.43. The van der Waals surface area contributed by atoms with E-state index in [2.05, 4.69) is 4.90 Å². The van der Waals surface area contributed by atoms with Crippen LogP contribution in [0.1, 0.15) is 6.42 Å². The summed E-state index contributed by atoms with van der Waals surface area (Å²) in [4.78, 5) is 22.9. The third-order valence-electron chi connectivity index (χ3n) is 5.62. The average molecular weight is 560 g/mol. The summed E-state index contributed by atoms with van der Waals surface area (Å²) < 4.78 is 45.0. The summed E-state index contributed by atoms with van der Waals surface area (Å²) in [6, 6.07) is 10.6. The highest BCUT2D eigenvalue weighted by atomic mass is 35.5. The fourth-order valence-corrected chi connectivity index (χ4v) is 6.60. The Balaban J connectivity index is 0.00000342. The van der Waals surface area contributed by atoms with Crippen LogP contribution in [0.15, 0.2) is 52.3 Å². The molecule has 0 spiro atoms. The molecule has 0 atom stereocenters. The molecule has 0 bridgehead atoms. The summed E-state index contributed by atoms with van der Waals surface area (Å²) in [5, 5.41) is 0.564. The molecule has 0 radical (unpaired) electrons. The summed E-state index contributed by atoms with van der Waals surface area (Å²) in [7, 11) is -3.72. The maximum Gasteiger partial charge on any atom is 0.229 e. The molecule has 0 N–H and O–H groups in total. The quantitative estimate of drug-likeness (QED) is 0.288. The van der Waals surface area contributed by atoms with Crippen LogP contribution >= 0.6 is 35.5 Å². The number of carbonyl (C=O) groups excluding carboxylic acids is 1. The van der Waals surface area contributed by atoms with Gasteiger partial charge in [-0.15, -0.1) is 24.2 Å². The van der Waals surface area contributed by atoms with Gasteiger partial charge in [-0.2, -0.15) is 0 Å². The lowest BCUT2D eigenvalue weighted by atomic mass is 10.3. The van der Waals surface area contributed by atoms with Gasteiger partial charge in [-0.3, -0.25) is 14.6 Å². The Morgan fingerprint density at radius 1 is 1.20 bits per heavy atom. The highest BCUT2D eigenvalue weighted by molar-refractivity contribution is 7.98. The minimum absolute atomic E-state index is 0. The minimum Gasteiger partial charge on any atom is -0.379 e. The minimum atomic E-state index is -3.72. The van der Waals surface area contributed by atoms with Gasteiger partial charge >= 0.3 is 0 Å². The van der Waals surface area contributed by atoms with E-state index in [1.165, 1.54) is 23.5 Å². The summed E-state index contributed by atoms with van der Waals surface area (Å²) >= 11 is 3.02. The van der Waals surface area contributed by atoms with Crippen LogP contribution in [-0.4, -0.2) is 75.6 Å². The Labute approximate surface area is 219 Å². The highest BCUT2D eigenvalue weighted by Crippen LogP contribution is 2.34. The van der Waals surface area contributed by atoms with E-state index in [4.69, 9.17) is 9.72 Å². The van der Waals surface area contributed by atoms with E-state index in [9.17, 15) is 17.6 Å². The van der Waals surface area contributed by atoms with Gasteiger partial charge in [0.1, 0.15) is 5.82 Å². The second kappa shape index (κ2) is 12.5. The Bertz CT molecular complexity index is 1250. The molecule has 3 aromatic rings. The lowest BCUT2D eigenvalue weighted by molar-refractivity contribution is -0.118. The van der Waals surface area contributed by atoms with Crippen molar-refractivity contribution in [1.29, 1.82) is 0 Å². The average Bonchev–Trinajstić information content (AvgIpc) is 3.28. The number of hydrogen-bond acceptors (Lipinski definition) is 8. The maximum atomic E-state index is 13.3. The van der Waals surface area contributed by atoms with Crippen LogP contribution in [0.2, 0.25) is 0 Å². The van der Waals surface area contributed by atoms with Crippen LogP contribution in [0.3, 0.4) is 0 Å². The van der Waals surface area contributed by atoms with Crippen LogP contribution in [0.5, 0.6) is 0 Å². The number of rotatable bonds is 9. The number of sulfone groups is 1. The first-order chi connectivity index (χ1) is 16.4. The first-order valence-corrected chi connectivity index (χ1v) is 14.6. The van der Waals surface area contributed by atoms with Gasteiger partial charge in [-0.25, -0.2) is 17.8 Å². The van der Waals surface area contributed by atoms with Crippen molar-refractivity contribution in [2.24, 2.45) is 0 Å². The van der Waals surface area contributed by atoms with Crippen LogP contribution in [0.25, 0.3) is 10.2 Å². The topological polar surface area (TPSA) is 79.8 Å². The number of nitrogens with zero attached hydrogens (tertiary/aromatic N) is 3. The molecule has 1 aliphatic rings. The molecule has 35 heavy (non-hydrogen) atoms. The largest absolute Gasteiger partial charge is 0.379 e. The van der Waals surface area contributed by atoms with Crippen molar-refractivity contribution in [3.05, 3.63) is 48.3 Å². The number of carbonyl (C=O) groups is 1. The number of halogens is 2. The first-order valence-electron chi connectivity index (χ1n) is 10.9. The number of aromatic nitrogens is 1. The van der Waals surface area contributed by atoms with E-state index in [1.807, 2.05) is 24.5 Å². The number of hydrogen-bond donors (Lipinski definition) is 0. The molecule has 12 heteroatoms. The number of benzene rings is 2. The summed E-state index contributed by atoms with van der Waals surface area (Å²) in [6.45, 7) is 3.94. The fraction of sp³-hybridized carbons (Fsp3) is 0.391. The number of amides is 1. The van der Waals surface area contributed by atoms with E-state index in [-0.39, 0.29) is 35.4 Å². The number of thioether (sulfide) groups is 1. The van der Waals surface area contributed by atoms with E-state index in [0.29, 0.717) is 31.4 Å². The number of para-hydroxylation sites is 1. The zero-order valence-electron chi connectivity index (χ0n) is 19.2. The monoisotopic (exact) mass is 559 g/mol. The fourth-order valence-electron chi connectivity index (χ4n) is 3.70. The van der Waals surface area contributed by atoms with E-state index in [1.54, 1.807) is 16.7 Å². The van der Waals surface area contributed by atoms with Crippen molar-refractivity contribution in [3.8, 4) is 0 Å². The van der Waals surface area contributed by atoms with Crippen molar-refractivity contribution in [2.75, 3.05) is 56.3 Å². The lowest BCUT2D eigenvalue weighted by Gasteiger charge is -2.29. The molecule has 0 aliphatic carbocycles. The van der Waals surface area contributed by atoms with Gasteiger partial charge in [0.25, 0.3) is 0 Å². The molecule has 1 aromatic heterocycles. The molecular weight excluding hydrogens is 533 g/mol. The molecule has 7 nitrogen and oxygen atoms in total. The Kier molecular flexibility index (Phi) is 9.91. The van der Waals surface area contributed by atoms with Crippen molar-refractivity contribution in [1.82, 2.24) is 9.88 Å². The molecule has 1 aliphatic heterocycles. The maximum absolute atomic E-state index is 13.3. The molecule has 2 heterocycles. The number of morpholine rings is 1. The molecule has 0 unspecified atom stereocenters. The van der Waals surface area contributed by atoms with Crippen molar-refractivity contribution < 1.29 is 22.3 Å². The Hall–Kier alpha value is -1.76.